The van der Waals surface area contributed by atoms with Gasteiger partial charge in [-0.3, -0.25) is 4.79 Å². The largest absolute Gasteiger partial charge is 0.416 e. The van der Waals surface area contributed by atoms with E-state index in [1.54, 1.807) is 0 Å². The van der Waals surface area contributed by atoms with Crippen molar-refractivity contribution < 1.29 is 18.0 Å². The van der Waals surface area contributed by atoms with Crippen molar-refractivity contribution in [3.8, 4) is 0 Å². The van der Waals surface area contributed by atoms with Gasteiger partial charge in [0.1, 0.15) is 0 Å². The predicted octanol–water partition coefficient (Wildman–Crippen LogP) is 4.57. The van der Waals surface area contributed by atoms with Gasteiger partial charge < -0.3 is 0 Å². The number of rotatable bonds is 2. The van der Waals surface area contributed by atoms with Crippen LogP contribution in [0.15, 0.2) is 24.3 Å². The topological polar surface area (TPSA) is 17.1 Å². The van der Waals surface area contributed by atoms with Crippen LogP contribution in [0.2, 0.25) is 0 Å². The van der Waals surface area contributed by atoms with Crippen molar-refractivity contribution >= 4 is 5.78 Å². The zero-order valence-corrected chi connectivity index (χ0v) is 11.4. The second-order valence-corrected chi connectivity index (χ2v) is 6.32. The molecule has 0 saturated heterocycles. The summed E-state index contributed by atoms with van der Waals surface area (Å²) in [6, 6.07) is 4.69. The lowest BCUT2D eigenvalue weighted by molar-refractivity contribution is -0.137. The average Bonchev–Trinajstić information content (AvgIpc) is 2.68. The summed E-state index contributed by atoms with van der Waals surface area (Å²) in [7, 11) is 0. The summed E-state index contributed by atoms with van der Waals surface area (Å²) in [6.07, 6.45) is -4.41. The van der Waals surface area contributed by atoms with Gasteiger partial charge in [0.2, 0.25) is 0 Å². The Morgan fingerprint density at radius 1 is 1.11 bits per heavy atom. The molecular weight excluding hydrogens is 253 g/mol. The number of carbonyl (C=O) groups excluding carboxylic acids is 1. The molecule has 1 aromatic carbocycles. The van der Waals surface area contributed by atoms with Gasteiger partial charge in [0, 0.05) is 11.5 Å². The van der Waals surface area contributed by atoms with Crippen LogP contribution in [-0.4, -0.2) is 5.78 Å². The van der Waals surface area contributed by atoms with Gasteiger partial charge in [-0.2, -0.15) is 13.2 Å². The number of halogens is 3. The molecule has 4 heteroatoms. The summed E-state index contributed by atoms with van der Waals surface area (Å²) in [4.78, 5) is 12.4. The molecule has 1 aliphatic carbocycles. The molecule has 1 aliphatic rings. The van der Waals surface area contributed by atoms with Crippen LogP contribution in [-0.2, 0) is 6.18 Å². The van der Waals surface area contributed by atoms with Crippen molar-refractivity contribution in [1.29, 1.82) is 0 Å². The van der Waals surface area contributed by atoms with E-state index in [0.29, 0.717) is 0 Å². The third kappa shape index (κ3) is 2.07. The maximum atomic E-state index is 12.6. The van der Waals surface area contributed by atoms with Gasteiger partial charge >= 0.3 is 6.18 Å². The Hall–Kier alpha value is -1.32. The van der Waals surface area contributed by atoms with E-state index in [1.807, 2.05) is 27.7 Å². The number of hydrogen-bond acceptors (Lipinski definition) is 1. The minimum absolute atomic E-state index is 0.151. The van der Waals surface area contributed by atoms with Crippen molar-refractivity contribution in [3.63, 3.8) is 0 Å². The number of hydrogen-bond donors (Lipinski definition) is 0. The van der Waals surface area contributed by atoms with Crippen LogP contribution in [0.25, 0.3) is 0 Å². The van der Waals surface area contributed by atoms with E-state index >= 15 is 0 Å². The fourth-order valence-electron chi connectivity index (χ4n) is 2.87. The molecule has 0 unspecified atom stereocenters. The molecule has 1 saturated carbocycles. The Morgan fingerprint density at radius 3 is 2.05 bits per heavy atom. The van der Waals surface area contributed by atoms with E-state index in [-0.39, 0.29) is 28.1 Å². The minimum Gasteiger partial charge on any atom is -0.294 e. The number of benzene rings is 1. The van der Waals surface area contributed by atoms with Crippen LogP contribution in [0.1, 0.15) is 43.6 Å². The second-order valence-electron chi connectivity index (χ2n) is 6.32. The minimum atomic E-state index is -4.41. The highest BCUT2D eigenvalue weighted by atomic mass is 19.4. The fourth-order valence-corrected chi connectivity index (χ4v) is 2.87. The normalized spacial score (nSPS) is 21.2. The van der Waals surface area contributed by atoms with Crippen LogP contribution in [0, 0.1) is 16.7 Å². The van der Waals surface area contributed by atoms with Crippen molar-refractivity contribution in [1.82, 2.24) is 0 Å². The Labute approximate surface area is 110 Å². The maximum absolute atomic E-state index is 12.6. The second kappa shape index (κ2) is 3.84. The van der Waals surface area contributed by atoms with Crippen LogP contribution in [0.4, 0.5) is 13.2 Å². The molecule has 104 valence electrons. The summed E-state index contributed by atoms with van der Waals surface area (Å²) >= 11 is 0. The van der Waals surface area contributed by atoms with Gasteiger partial charge in [-0.05, 0) is 23.0 Å². The molecular formula is C15H17F3O. The van der Waals surface area contributed by atoms with Gasteiger partial charge in [0.25, 0.3) is 0 Å². The van der Waals surface area contributed by atoms with Gasteiger partial charge in [-0.25, -0.2) is 0 Å². The van der Waals surface area contributed by atoms with E-state index in [2.05, 4.69) is 0 Å². The lowest BCUT2D eigenvalue weighted by atomic mass is 9.99. The molecule has 0 amide bonds. The number of ketones is 1. The van der Waals surface area contributed by atoms with Gasteiger partial charge in [0.15, 0.2) is 5.78 Å². The van der Waals surface area contributed by atoms with Crippen LogP contribution in [0.3, 0.4) is 0 Å². The average molecular weight is 270 g/mol. The summed E-state index contributed by atoms with van der Waals surface area (Å²) in [5.74, 6) is -0.412. The van der Waals surface area contributed by atoms with Crippen molar-refractivity contribution in [2.45, 2.75) is 33.9 Å². The highest BCUT2D eigenvalue weighted by molar-refractivity contribution is 6.01. The first-order valence-electron chi connectivity index (χ1n) is 6.21. The Morgan fingerprint density at radius 2 is 1.63 bits per heavy atom. The summed E-state index contributed by atoms with van der Waals surface area (Å²) in [6.45, 7) is 7.90. The van der Waals surface area contributed by atoms with E-state index in [9.17, 15) is 18.0 Å². The molecule has 0 aromatic heterocycles. The molecule has 2 rings (SSSR count). The first kappa shape index (κ1) is 14.1. The molecule has 0 heterocycles. The van der Waals surface area contributed by atoms with E-state index < -0.39 is 11.7 Å². The fraction of sp³-hybridized carbons (Fsp3) is 0.533. The van der Waals surface area contributed by atoms with Crippen LogP contribution in [0.5, 0.6) is 0 Å². The van der Waals surface area contributed by atoms with E-state index in [4.69, 9.17) is 0 Å². The maximum Gasteiger partial charge on any atom is 0.416 e. The number of carbonyl (C=O) groups is 1. The molecule has 1 nitrogen and oxygen atoms in total. The summed E-state index contributed by atoms with van der Waals surface area (Å²) in [5.41, 5.74) is -0.954. The number of alkyl halides is 3. The molecule has 1 aromatic rings. The van der Waals surface area contributed by atoms with E-state index in [0.717, 1.165) is 12.1 Å². The smallest absolute Gasteiger partial charge is 0.294 e. The molecule has 0 aliphatic heterocycles. The Balaban J connectivity index is 2.33. The van der Waals surface area contributed by atoms with Gasteiger partial charge in [-0.1, -0.05) is 39.8 Å². The number of Topliss-reactive ketones (excluding diaryl/α,β-unsaturated/α-hetero) is 1. The highest BCUT2D eigenvalue weighted by Gasteiger charge is 2.67. The summed E-state index contributed by atoms with van der Waals surface area (Å²) < 4.78 is 37.9. The SMILES string of the molecule is CC1(C)C(C(=O)c2cccc(C(F)(F)F)c2)C1(C)C. The third-order valence-electron chi connectivity index (χ3n) is 4.76. The van der Waals surface area contributed by atoms with Crippen molar-refractivity contribution in [2.75, 3.05) is 0 Å². The summed E-state index contributed by atoms with van der Waals surface area (Å²) in [5, 5.41) is 0. The third-order valence-corrected chi connectivity index (χ3v) is 4.76. The molecule has 0 spiro atoms. The molecule has 0 bridgehead atoms. The first-order valence-corrected chi connectivity index (χ1v) is 6.21. The first-order chi connectivity index (χ1) is 8.49. The lowest BCUT2D eigenvalue weighted by Gasteiger charge is -2.08. The van der Waals surface area contributed by atoms with Gasteiger partial charge in [0.05, 0.1) is 5.56 Å². The Bertz CT molecular complexity index is 512. The van der Waals surface area contributed by atoms with Gasteiger partial charge in [-0.15, -0.1) is 0 Å². The van der Waals surface area contributed by atoms with E-state index in [1.165, 1.54) is 12.1 Å². The zero-order chi connectivity index (χ0) is 14.6. The van der Waals surface area contributed by atoms with Crippen LogP contribution >= 0.6 is 0 Å². The molecule has 0 N–H and O–H groups in total. The van der Waals surface area contributed by atoms with Crippen LogP contribution < -0.4 is 0 Å². The molecule has 0 radical (unpaired) electrons. The standard InChI is InChI=1S/C15H17F3O/c1-13(2)12(14(13,3)4)11(19)9-6-5-7-10(8-9)15(16,17)18/h5-8,12H,1-4H3. The Kier molecular flexibility index (Phi) is 2.85. The highest BCUT2D eigenvalue weighted by Crippen LogP contribution is 2.69. The molecule has 0 atom stereocenters. The zero-order valence-electron chi connectivity index (χ0n) is 11.4. The molecule has 19 heavy (non-hydrogen) atoms. The lowest BCUT2D eigenvalue weighted by Crippen LogP contribution is -2.11. The molecule has 1 fully saturated rings. The van der Waals surface area contributed by atoms with Crippen molar-refractivity contribution in [2.24, 2.45) is 16.7 Å². The quantitative estimate of drug-likeness (QED) is 0.719. The van der Waals surface area contributed by atoms with Crippen molar-refractivity contribution in [3.05, 3.63) is 35.4 Å². The predicted molar refractivity (Wildman–Crippen MR) is 66.8 cm³/mol. The monoisotopic (exact) mass is 270 g/mol.